The highest BCUT2D eigenvalue weighted by Gasteiger charge is 2.33. The minimum atomic E-state index is -1.00. The summed E-state index contributed by atoms with van der Waals surface area (Å²) in [7, 11) is 1.30. The Kier molecular flexibility index (Phi) is 6.25. The van der Waals surface area contributed by atoms with E-state index in [1.54, 1.807) is 31.2 Å². The summed E-state index contributed by atoms with van der Waals surface area (Å²) < 4.78 is 4.70. The molecule has 0 spiro atoms. The number of hydrogen-bond acceptors (Lipinski definition) is 5. The van der Waals surface area contributed by atoms with Gasteiger partial charge in [-0.2, -0.15) is 5.26 Å². The van der Waals surface area contributed by atoms with Crippen LogP contribution >= 0.6 is 11.8 Å². The average molecular weight is 306 g/mol. The first-order chi connectivity index (χ1) is 9.95. The number of ether oxygens (including phenoxy) is 1. The fourth-order valence-electron chi connectivity index (χ4n) is 1.63. The van der Waals surface area contributed by atoms with Crippen LogP contribution in [0.3, 0.4) is 0 Å². The van der Waals surface area contributed by atoms with E-state index in [4.69, 9.17) is 10.00 Å². The van der Waals surface area contributed by atoms with Crippen molar-refractivity contribution in [2.45, 2.75) is 30.7 Å². The molecule has 0 saturated heterocycles. The van der Waals surface area contributed by atoms with Gasteiger partial charge in [0, 0.05) is 4.90 Å². The highest BCUT2D eigenvalue weighted by molar-refractivity contribution is 8.00. The number of nitrogens with zero attached hydrogens (tertiary/aromatic N) is 1. The molecule has 0 aliphatic carbocycles. The van der Waals surface area contributed by atoms with Gasteiger partial charge in [0.15, 0.2) is 0 Å². The predicted molar refractivity (Wildman–Crippen MR) is 80.7 cm³/mol. The Labute approximate surface area is 128 Å². The molecule has 1 atom stereocenters. The molecule has 0 heterocycles. The van der Waals surface area contributed by atoms with Gasteiger partial charge in [0.05, 0.1) is 24.5 Å². The zero-order chi connectivity index (χ0) is 15.9. The van der Waals surface area contributed by atoms with Crippen molar-refractivity contribution in [3.8, 4) is 6.07 Å². The highest BCUT2D eigenvalue weighted by Crippen LogP contribution is 2.19. The summed E-state index contributed by atoms with van der Waals surface area (Å²) >= 11 is 1.34. The molecule has 5 nitrogen and oxygen atoms in total. The number of hydrogen-bond donors (Lipinski definition) is 1. The summed E-state index contributed by atoms with van der Waals surface area (Å²) in [5, 5.41) is 11.4. The summed E-state index contributed by atoms with van der Waals surface area (Å²) in [6.07, 6.45) is 0.451. The molecule has 1 N–H and O–H groups in total. The van der Waals surface area contributed by atoms with Crippen LogP contribution in [0, 0.1) is 11.3 Å². The molecule has 21 heavy (non-hydrogen) atoms. The number of nitriles is 1. The van der Waals surface area contributed by atoms with E-state index in [2.05, 4.69) is 5.32 Å². The lowest BCUT2D eigenvalue weighted by molar-refractivity contribution is -0.150. The summed E-state index contributed by atoms with van der Waals surface area (Å²) in [6, 6.07) is 9.01. The number of benzene rings is 1. The number of thioether (sulfide) groups is 1. The SMILES string of the molecule is CCC(C)(NC(=O)CSc1ccc(C#N)cc1)C(=O)OC. The van der Waals surface area contributed by atoms with Crippen LogP contribution in [0.5, 0.6) is 0 Å². The Morgan fingerprint density at radius 3 is 2.48 bits per heavy atom. The van der Waals surface area contributed by atoms with Crippen molar-refractivity contribution in [3.05, 3.63) is 29.8 Å². The summed E-state index contributed by atoms with van der Waals surface area (Å²) in [5.41, 5.74) is -0.426. The van der Waals surface area contributed by atoms with Gasteiger partial charge in [-0.05, 0) is 37.6 Å². The molecule has 112 valence electrons. The third-order valence-corrected chi connectivity index (χ3v) is 4.12. The van der Waals surface area contributed by atoms with Crippen molar-refractivity contribution in [1.82, 2.24) is 5.32 Å². The van der Waals surface area contributed by atoms with Crippen molar-refractivity contribution in [2.75, 3.05) is 12.9 Å². The smallest absolute Gasteiger partial charge is 0.331 e. The zero-order valence-electron chi connectivity index (χ0n) is 12.3. The van der Waals surface area contributed by atoms with Crippen LogP contribution in [0.2, 0.25) is 0 Å². The third-order valence-electron chi connectivity index (χ3n) is 3.11. The molecule has 0 aromatic heterocycles. The van der Waals surface area contributed by atoms with Gasteiger partial charge in [-0.1, -0.05) is 6.92 Å². The first-order valence-corrected chi connectivity index (χ1v) is 7.46. The van der Waals surface area contributed by atoms with E-state index in [0.717, 1.165) is 4.90 Å². The van der Waals surface area contributed by atoms with Gasteiger partial charge in [0.25, 0.3) is 0 Å². The number of carbonyl (C=O) groups is 2. The molecule has 0 aliphatic rings. The Morgan fingerprint density at radius 2 is 2.00 bits per heavy atom. The molecular weight excluding hydrogens is 288 g/mol. The molecule has 1 aromatic carbocycles. The largest absolute Gasteiger partial charge is 0.467 e. The second kappa shape index (κ2) is 7.70. The molecule has 0 aliphatic heterocycles. The topological polar surface area (TPSA) is 79.2 Å². The van der Waals surface area contributed by atoms with Crippen LogP contribution in [-0.2, 0) is 14.3 Å². The van der Waals surface area contributed by atoms with Gasteiger partial charge in [-0.15, -0.1) is 11.8 Å². The maximum absolute atomic E-state index is 11.9. The van der Waals surface area contributed by atoms with Gasteiger partial charge in [-0.3, -0.25) is 4.79 Å². The van der Waals surface area contributed by atoms with Crippen molar-refractivity contribution < 1.29 is 14.3 Å². The van der Waals surface area contributed by atoms with Crippen molar-refractivity contribution >= 4 is 23.6 Å². The number of nitrogens with one attached hydrogen (secondary N) is 1. The number of carbonyl (C=O) groups excluding carboxylic acids is 2. The summed E-state index contributed by atoms with van der Waals surface area (Å²) in [4.78, 5) is 24.5. The Bertz CT molecular complexity index is 551. The Morgan fingerprint density at radius 1 is 1.38 bits per heavy atom. The second-order valence-corrected chi connectivity index (χ2v) is 5.70. The van der Waals surface area contributed by atoms with Gasteiger partial charge in [-0.25, -0.2) is 4.79 Å². The maximum Gasteiger partial charge on any atom is 0.331 e. The van der Waals surface area contributed by atoms with Crippen LogP contribution in [0.15, 0.2) is 29.2 Å². The zero-order valence-corrected chi connectivity index (χ0v) is 13.1. The molecule has 1 rings (SSSR count). The van der Waals surface area contributed by atoms with E-state index in [0.29, 0.717) is 12.0 Å². The molecule has 0 fully saturated rings. The summed E-state index contributed by atoms with van der Waals surface area (Å²) in [6.45, 7) is 3.45. The lowest BCUT2D eigenvalue weighted by Crippen LogP contribution is -2.52. The first-order valence-electron chi connectivity index (χ1n) is 6.47. The number of amides is 1. The summed E-state index contributed by atoms with van der Waals surface area (Å²) in [5.74, 6) is -0.501. The number of methoxy groups -OCH3 is 1. The van der Waals surface area contributed by atoms with Gasteiger partial charge < -0.3 is 10.1 Å². The molecule has 0 saturated carbocycles. The van der Waals surface area contributed by atoms with E-state index in [-0.39, 0.29) is 11.7 Å². The van der Waals surface area contributed by atoms with E-state index >= 15 is 0 Å². The standard InChI is InChI=1S/C15H18N2O3S/c1-4-15(2,14(19)20-3)17-13(18)10-21-12-7-5-11(9-16)6-8-12/h5-8H,4,10H2,1-3H3,(H,17,18). The van der Waals surface area contributed by atoms with Crippen LogP contribution in [0.1, 0.15) is 25.8 Å². The molecule has 1 amide bonds. The highest BCUT2D eigenvalue weighted by atomic mass is 32.2. The van der Waals surface area contributed by atoms with Crippen LogP contribution in [0.25, 0.3) is 0 Å². The number of rotatable bonds is 6. The third kappa shape index (κ3) is 4.80. The molecular formula is C15H18N2O3S. The lowest BCUT2D eigenvalue weighted by Gasteiger charge is -2.26. The molecule has 6 heteroatoms. The minimum Gasteiger partial charge on any atom is -0.467 e. The molecule has 1 unspecified atom stereocenters. The van der Waals surface area contributed by atoms with E-state index in [9.17, 15) is 9.59 Å². The monoisotopic (exact) mass is 306 g/mol. The number of esters is 1. The molecule has 0 bridgehead atoms. The van der Waals surface area contributed by atoms with Crippen LogP contribution in [0.4, 0.5) is 0 Å². The normalized spacial score (nSPS) is 12.9. The predicted octanol–water partition coefficient (Wildman–Crippen LogP) is 2.11. The average Bonchev–Trinajstić information content (AvgIpc) is 2.52. The van der Waals surface area contributed by atoms with Gasteiger partial charge in [0.1, 0.15) is 5.54 Å². The van der Waals surface area contributed by atoms with E-state index < -0.39 is 11.5 Å². The molecule has 0 radical (unpaired) electrons. The Balaban J connectivity index is 2.57. The quantitative estimate of drug-likeness (QED) is 0.643. The Hall–Kier alpha value is -2.00. The van der Waals surface area contributed by atoms with Crippen molar-refractivity contribution in [1.29, 1.82) is 5.26 Å². The van der Waals surface area contributed by atoms with E-state index in [1.165, 1.54) is 18.9 Å². The van der Waals surface area contributed by atoms with Gasteiger partial charge in [0.2, 0.25) is 5.91 Å². The fourth-order valence-corrected chi connectivity index (χ4v) is 2.33. The van der Waals surface area contributed by atoms with Crippen LogP contribution in [-0.4, -0.2) is 30.3 Å². The fraction of sp³-hybridized carbons (Fsp3) is 0.400. The lowest BCUT2D eigenvalue weighted by atomic mass is 9.99. The second-order valence-electron chi connectivity index (χ2n) is 4.65. The molecule has 1 aromatic rings. The van der Waals surface area contributed by atoms with E-state index in [1.807, 2.05) is 13.0 Å². The van der Waals surface area contributed by atoms with Crippen LogP contribution < -0.4 is 5.32 Å². The van der Waals surface area contributed by atoms with Crippen molar-refractivity contribution in [2.24, 2.45) is 0 Å². The first kappa shape index (κ1) is 17.1. The minimum absolute atomic E-state index is 0.193. The van der Waals surface area contributed by atoms with Gasteiger partial charge >= 0.3 is 5.97 Å². The maximum atomic E-state index is 11.9. The van der Waals surface area contributed by atoms with Crippen molar-refractivity contribution in [3.63, 3.8) is 0 Å².